The third-order valence-corrected chi connectivity index (χ3v) is 2.13. The number of alkyl halides is 3. The van der Waals surface area contributed by atoms with Gasteiger partial charge >= 0.3 is 6.18 Å². The molecule has 56 valence electrons. The Morgan fingerprint density at radius 3 is 2.10 bits per heavy atom. The Balaban J connectivity index is 2.96. The summed E-state index contributed by atoms with van der Waals surface area (Å²) in [5.74, 6) is 0. The molecule has 10 heavy (non-hydrogen) atoms. The summed E-state index contributed by atoms with van der Waals surface area (Å²) < 4.78 is 35.4. The molecule has 0 aliphatic carbocycles. The van der Waals surface area contributed by atoms with Crippen molar-refractivity contribution in [3.05, 3.63) is 21.3 Å². The zero-order valence-electron chi connectivity index (χ0n) is 4.57. The van der Waals surface area contributed by atoms with E-state index in [0.717, 1.165) is 6.07 Å². The van der Waals surface area contributed by atoms with Gasteiger partial charge in [0.1, 0.15) is 4.88 Å². The Bertz CT molecular complexity index is 227. The van der Waals surface area contributed by atoms with Crippen molar-refractivity contribution in [3.63, 3.8) is 0 Å². The van der Waals surface area contributed by atoms with Crippen molar-refractivity contribution in [3.8, 4) is 0 Å². The second kappa shape index (κ2) is 2.43. The van der Waals surface area contributed by atoms with Crippen molar-refractivity contribution in [1.82, 2.24) is 0 Å². The predicted molar refractivity (Wildman–Crippen MR) is 34.3 cm³/mol. The SMILES string of the molecule is FC(F)(F)c1ccc(Cl)s1. The van der Waals surface area contributed by atoms with Crippen LogP contribution in [0.4, 0.5) is 13.2 Å². The summed E-state index contributed by atoms with van der Waals surface area (Å²) >= 11 is 5.82. The molecule has 0 fully saturated rings. The van der Waals surface area contributed by atoms with Gasteiger partial charge < -0.3 is 0 Å². The predicted octanol–water partition coefficient (Wildman–Crippen LogP) is 3.42. The van der Waals surface area contributed by atoms with E-state index in [2.05, 4.69) is 0 Å². The van der Waals surface area contributed by atoms with Crippen molar-refractivity contribution in [2.45, 2.75) is 6.18 Å². The molecule has 1 aromatic heterocycles. The molecular weight excluding hydrogens is 185 g/mol. The van der Waals surface area contributed by atoms with Crippen LogP contribution in [-0.2, 0) is 6.18 Å². The van der Waals surface area contributed by atoms with Crippen LogP contribution in [0.3, 0.4) is 0 Å². The first-order valence-corrected chi connectivity index (χ1v) is 3.52. The van der Waals surface area contributed by atoms with E-state index in [1.54, 1.807) is 0 Å². The fraction of sp³-hybridized carbons (Fsp3) is 0.200. The molecule has 0 spiro atoms. The lowest BCUT2D eigenvalue weighted by molar-refractivity contribution is -0.134. The van der Waals surface area contributed by atoms with E-state index < -0.39 is 11.1 Å². The number of rotatable bonds is 0. The summed E-state index contributed by atoms with van der Waals surface area (Å²) in [4.78, 5) is -0.655. The first-order valence-electron chi connectivity index (χ1n) is 2.32. The minimum absolute atomic E-state index is 0.160. The van der Waals surface area contributed by atoms with Gasteiger partial charge in [0.05, 0.1) is 4.34 Å². The highest BCUT2D eigenvalue weighted by atomic mass is 35.5. The fourth-order valence-corrected chi connectivity index (χ4v) is 1.38. The Morgan fingerprint density at radius 1 is 1.30 bits per heavy atom. The van der Waals surface area contributed by atoms with Gasteiger partial charge in [0, 0.05) is 0 Å². The van der Waals surface area contributed by atoms with E-state index in [1.165, 1.54) is 6.07 Å². The molecule has 0 nitrogen and oxygen atoms in total. The quantitative estimate of drug-likeness (QED) is 0.583. The van der Waals surface area contributed by atoms with E-state index in [1.807, 2.05) is 0 Å². The highest BCUT2D eigenvalue weighted by molar-refractivity contribution is 7.16. The molecule has 0 unspecified atom stereocenters. The standard InChI is InChI=1S/C5H2ClF3S/c6-4-2-1-3(10-4)5(7,8)9/h1-2H. The maximum atomic E-state index is 11.8. The van der Waals surface area contributed by atoms with Gasteiger partial charge in [0.25, 0.3) is 0 Å². The molecule has 0 aromatic carbocycles. The van der Waals surface area contributed by atoms with Crippen LogP contribution in [0.5, 0.6) is 0 Å². The Hall–Kier alpha value is -0.220. The summed E-state index contributed by atoms with van der Waals surface area (Å²) in [5.41, 5.74) is 0. The summed E-state index contributed by atoms with van der Waals surface area (Å²) in [7, 11) is 0. The van der Waals surface area contributed by atoms with Gasteiger partial charge in [-0.2, -0.15) is 13.2 Å². The average Bonchev–Trinajstić information content (AvgIpc) is 2.11. The molecule has 0 N–H and O–H groups in total. The monoisotopic (exact) mass is 186 g/mol. The summed E-state index contributed by atoms with van der Waals surface area (Å²) in [5, 5.41) is 0. The van der Waals surface area contributed by atoms with E-state index in [9.17, 15) is 13.2 Å². The van der Waals surface area contributed by atoms with Crippen LogP contribution >= 0.6 is 22.9 Å². The third kappa shape index (κ3) is 1.64. The second-order valence-corrected chi connectivity index (χ2v) is 3.32. The van der Waals surface area contributed by atoms with Crippen LogP contribution in [0, 0.1) is 0 Å². The second-order valence-electron chi connectivity index (χ2n) is 1.60. The number of hydrogen-bond acceptors (Lipinski definition) is 1. The van der Waals surface area contributed by atoms with E-state index in [4.69, 9.17) is 11.6 Å². The van der Waals surface area contributed by atoms with Gasteiger partial charge in [-0.15, -0.1) is 11.3 Å². The van der Waals surface area contributed by atoms with E-state index in [-0.39, 0.29) is 4.34 Å². The van der Waals surface area contributed by atoms with Gasteiger partial charge in [0.15, 0.2) is 0 Å². The van der Waals surface area contributed by atoms with E-state index >= 15 is 0 Å². The van der Waals surface area contributed by atoms with Crippen LogP contribution in [0.25, 0.3) is 0 Å². The van der Waals surface area contributed by atoms with Gasteiger partial charge in [-0.25, -0.2) is 0 Å². The molecule has 5 heteroatoms. The largest absolute Gasteiger partial charge is 0.425 e. The minimum Gasteiger partial charge on any atom is -0.165 e. The molecule has 0 aliphatic rings. The number of halogens is 4. The molecule has 0 bridgehead atoms. The maximum Gasteiger partial charge on any atom is 0.425 e. The lowest BCUT2D eigenvalue weighted by Crippen LogP contribution is -2.00. The molecule has 0 radical (unpaired) electrons. The van der Waals surface area contributed by atoms with Crippen LogP contribution in [0.15, 0.2) is 12.1 Å². The van der Waals surface area contributed by atoms with Crippen LogP contribution < -0.4 is 0 Å². The minimum atomic E-state index is -4.25. The van der Waals surface area contributed by atoms with Crippen molar-refractivity contribution in [1.29, 1.82) is 0 Å². The number of hydrogen-bond donors (Lipinski definition) is 0. The molecule has 0 aliphatic heterocycles. The maximum absolute atomic E-state index is 11.8. The smallest absolute Gasteiger partial charge is 0.165 e. The Labute approximate surface area is 64.2 Å². The molecule has 0 atom stereocenters. The molecule has 0 amide bonds. The third-order valence-electron chi connectivity index (χ3n) is 0.853. The Morgan fingerprint density at radius 2 is 1.90 bits per heavy atom. The van der Waals surface area contributed by atoms with Crippen molar-refractivity contribution < 1.29 is 13.2 Å². The van der Waals surface area contributed by atoms with E-state index in [0.29, 0.717) is 11.3 Å². The van der Waals surface area contributed by atoms with Crippen LogP contribution in [0.2, 0.25) is 4.34 Å². The Kier molecular flexibility index (Phi) is 1.92. The van der Waals surface area contributed by atoms with Gasteiger partial charge in [-0.1, -0.05) is 11.6 Å². The van der Waals surface area contributed by atoms with Gasteiger partial charge in [0.2, 0.25) is 0 Å². The van der Waals surface area contributed by atoms with Gasteiger partial charge in [-0.3, -0.25) is 0 Å². The molecule has 1 heterocycles. The zero-order valence-corrected chi connectivity index (χ0v) is 6.15. The van der Waals surface area contributed by atoms with Crippen LogP contribution in [-0.4, -0.2) is 0 Å². The first kappa shape index (κ1) is 7.88. The molecule has 1 aromatic rings. The number of thiophene rings is 1. The van der Waals surface area contributed by atoms with Crippen molar-refractivity contribution >= 4 is 22.9 Å². The summed E-state index contributed by atoms with van der Waals surface area (Å²) in [6.45, 7) is 0. The summed E-state index contributed by atoms with van der Waals surface area (Å²) in [6.07, 6.45) is -4.25. The average molecular weight is 187 g/mol. The molecule has 1 rings (SSSR count). The highest BCUT2D eigenvalue weighted by Crippen LogP contribution is 2.36. The topological polar surface area (TPSA) is 0 Å². The lowest BCUT2D eigenvalue weighted by Gasteiger charge is -1.99. The summed E-state index contributed by atoms with van der Waals surface area (Å²) in [6, 6.07) is 2.20. The fourth-order valence-electron chi connectivity index (χ4n) is 0.467. The van der Waals surface area contributed by atoms with Crippen LogP contribution in [0.1, 0.15) is 4.88 Å². The molecule has 0 saturated carbocycles. The lowest BCUT2D eigenvalue weighted by atomic mass is 10.5. The normalized spacial score (nSPS) is 12.0. The molecule has 0 saturated heterocycles. The highest BCUT2D eigenvalue weighted by Gasteiger charge is 2.32. The first-order chi connectivity index (χ1) is 4.50. The zero-order chi connectivity index (χ0) is 7.78. The molecular formula is C5H2ClF3S. The van der Waals surface area contributed by atoms with Crippen molar-refractivity contribution in [2.75, 3.05) is 0 Å². The van der Waals surface area contributed by atoms with Gasteiger partial charge in [-0.05, 0) is 12.1 Å². The van der Waals surface area contributed by atoms with Crippen molar-refractivity contribution in [2.24, 2.45) is 0 Å².